The molecule has 0 unspecified atom stereocenters. The van der Waals surface area contributed by atoms with Crippen LogP contribution >= 0.6 is 0 Å². The number of carbonyl (C=O) groups excluding carboxylic acids is 2. The predicted octanol–water partition coefficient (Wildman–Crippen LogP) is 5.16. The topological polar surface area (TPSA) is 88.9 Å². The lowest BCUT2D eigenvalue weighted by Gasteiger charge is -2.45. The van der Waals surface area contributed by atoms with Gasteiger partial charge in [0.05, 0.1) is 17.7 Å². The zero-order valence-corrected chi connectivity index (χ0v) is 22.6. The van der Waals surface area contributed by atoms with Crippen molar-refractivity contribution in [2.24, 2.45) is 5.92 Å². The molecule has 8 heteroatoms. The average molecular weight is 504 g/mol. The van der Waals surface area contributed by atoms with Crippen molar-refractivity contribution in [3.8, 4) is 6.07 Å². The first kappa shape index (κ1) is 26.3. The van der Waals surface area contributed by atoms with E-state index in [9.17, 15) is 9.59 Å². The lowest BCUT2D eigenvalue weighted by atomic mass is 9.82. The summed E-state index contributed by atoms with van der Waals surface area (Å²) in [5, 5.41) is 12.8. The lowest BCUT2D eigenvalue weighted by molar-refractivity contribution is -0.117. The number of nitriles is 1. The lowest BCUT2D eigenvalue weighted by Crippen LogP contribution is -2.50. The van der Waals surface area contributed by atoms with E-state index in [2.05, 4.69) is 42.3 Å². The van der Waals surface area contributed by atoms with E-state index >= 15 is 0 Å². The van der Waals surface area contributed by atoms with E-state index in [1.807, 2.05) is 56.0 Å². The average Bonchev–Trinajstić information content (AvgIpc) is 2.86. The van der Waals surface area contributed by atoms with Gasteiger partial charge in [-0.1, -0.05) is 6.92 Å². The van der Waals surface area contributed by atoms with Crippen LogP contribution in [0.25, 0.3) is 0 Å². The van der Waals surface area contributed by atoms with Crippen LogP contribution in [0, 0.1) is 17.2 Å². The number of hydrogen-bond acceptors (Lipinski definition) is 6. The third-order valence-corrected chi connectivity index (χ3v) is 7.27. The molecule has 4 rings (SSSR count). The molecule has 8 nitrogen and oxygen atoms in total. The predicted molar refractivity (Wildman–Crippen MR) is 146 cm³/mol. The number of benzene rings is 2. The third kappa shape index (κ3) is 5.66. The molecule has 2 aromatic rings. The standard InChI is InChI=1S/C29H37N5O3/c1-19-20(2)34(21(3)35)26-12-11-24(32-13-15-33(16-14-32)28(36)37-29(4,5)6)17-25(26)27(19)31-23-9-7-22(18-30)8-10-23/h7-12,17,19-20,27,31H,13-16H2,1-6H3/t19-,20-,27+/m0/s1. The first-order valence-corrected chi connectivity index (χ1v) is 12.9. The highest BCUT2D eigenvalue weighted by atomic mass is 16.6. The summed E-state index contributed by atoms with van der Waals surface area (Å²) in [6.45, 7) is 14.1. The van der Waals surface area contributed by atoms with Crippen LogP contribution in [0.5, 0.6) is 0 Å². The Morgan fingerprint density at radius 2 is 1.68 bits per heavy atom. The highest BCUT2D eigenvalue weighted by Gasteiger charge is 2.38. The van der Waals surface area contributed by atoms with Gasteiger partial charge in [0.25, 0.3) is 0 Å². The van der Waals surface area contributed by atoms with Gasteiger partial charge in [-0.15, -0.1) is 0 Å². The van der Waals surface area contributed by atoms with Gasteiger partial charge in [-0.25, -0.2) is 4.79 Å². The minimum Gasteiger partial charge on any atom is -0.444 e. The van der Waals surface area contributed by atoms with E-state index in [1.165, 1.54) is 0 Å². The summed E-state index contributed by atoms with van der Waals surface area (Å²) in [4.78, 5) is 31.1. The second-order valence-electron chi connectivity index (χ2n) is 11.0. The van der Waals surface area contributed by atoms with Crippen molar-refractivity contribution in [1.82, 2.24) is 4.90 Å². The number of nitrogens with zero attached hydrogens (tertiary/aromatic N) is 4. The van der Waals surface area contributed by atoms with Crippen LogP contribution < -0.4 is 15.1 Å². The summed E-state index contributed by atoms with van der Waals surface area (Å²) < 4.78 is 5.54. The van der Waals surface area contributed by atoms with Crippen molar-refractivity contribution in [2.75, 3.05) is 41.3 Å². The first-order chi connectivity index (χ1) is 17.5. The van der Waals surface area contributed by atoms with Crippen LogP contribution in [-0.2, 0) is 9.53 Å². The van der Waals surface area contributed by atoms with Crippen molar-refractivity contribution < 1.29 is 14.3 Å². The highest BCUT2D eigenvalue weighted by Crippen LogP contribution is 2.44. The molecule has 3 atom stereocenters. The molecular weight excluding hydrogens is 466 g/mol. The second-order valence-corrected chi connectivity index (χ2v) is 11.0. The quantitative estimate of drug-likeness (QED) is 0.622. The van der Waals surface area contributed by atoms with E-state index in [0.717, 1.165) is 22.6 Å². The maximum atomic E-state index is 12.7. The number of piperazine rings is 1. The summed E-state index contributed by atoms with van der Waals surface area (Å²) in [7, 11) is 0. The third-order valence-electron chi connectivity index (χ3n) is 7.27. The van der Waals surface area contributed by atoms with Gasteiger partial charge in [-0.2, -0.15) is 5.26 Å². The molecule has 0 bridgehead atoms. The minimum absolute atomic E-state index is 0.0171. The van der Waals surface area contributed by atoms with Crippen molar-refractivity contribution in [1.29, 1.82) is 5.26 Å². The monoisotopic (exact) mass is 503 g/mol. The fraction of sp³-hybridized carbons (Fsp3) is 0.483. The Balaban J connectivity index is 1.60. The maximum absolute atomic E-state index is 12.7. The van der Waals surface area contributed by atoms with E-state index < -0.39 is 5.60 Å². The van der Waals surface area contributed by atoms with Gasteiger partial charge >= 0.3 is 6.09 Å². The Morgan fingerprint density at radius 1 is 1.03 bits per heavy atom. The van der Waals surface area contributed by atoms with Gasteiger partial charge in [-0.05, 0) is 70.2 Å². The number of fused-ring (bicyclic) bond motifs is 1. The number of ether oxygens (including phenoxy) is 1. The Hall–Kier alpha value is -3.73. The molecule has 2 aliphatic heterocycles. The van der Waals surface area contributed by atoms with Crippen molar-refractivity contribution in [3.63, 3.8) is 0 Å². The van der Waals surface area contributed by atoms with Gasteiger partial charge in [0.15, 0.2) is 0 Å². The van der Waals surface area contributed by atoms with E-state index in [-0.39, 0.29) is 30.0 Å². The Bertz CT molecular complexity index is 1190. The molecule has 37 heavy (non-hydrogen) atoms. The van der Waals surface area contributed by atoms with Gasteiger partial charge in [0, 0.05) is 67.7 Å². The molecule has 0 aliphatic carbocycles. The fourth-order valence-electron chi connectivity index (χ4n) is 5.18. The van der Waals surface area contributed by atoms with Crippen molar-refractivity contribution >= 4 is 29.1 Å². The number of nitrogens with one attached hydrogen (secondary N) is 1. The normalized spacial score (nSPS) is 21.6. The van der Waals surface area contributed by atoms with Crippen LogP contribution in [0.15, 0.2) is 42.5 Å². The summed E-state index contributed by atoms with van der Waals surface area (Å²) in [6, 6.07) is 15.9. The van der Waals surface area contributed by atoms with E-state index in [1.54, 1.807) is 11.8 Å². The Kier molecular flexibility index (Phi) is 7.35. The molecule has 1 N–H and O–H groups in total. The number of amides is 2. The maximum Gasteiger partial charge on any atom is 0.410 e. The van der Waals surface area contributed by atoms with Gasteiger partial charge in [0.2, 0.25) is 5.91 Å². The Morgan fingerprint density at radius 3 is 2.24 bits per heavy atom. The molecule has 1 fully saturated rings. The molecular formula is C29H37N5O3. The first-order valence-electron chi connectivity index (χ1n) is 12.9. The molecule has 2 aromatic carbocycles. The molecule has 196 valence electrons. The number of rotatable bonds is 3. The van der Waals surface area contributed by atoms with E-state index in [0.29, 0.717) is 31.7 Å². The largest absolute Gasteiger partial charge is 0.444 e. The Labute approximate surface area is 219 Å². The molecule has 0 aromatic heterocycles. The molecule has 0 radical (unpaired) electrons. The summed E-state index contributed by atoms with van der Waals surface area (Å²) in [5.41, 5.74) is 4.09. The zero-order chi connectivity index (χ0) is 26.9. The van der Waals surface area contributed by atoms with E-state index in [4.69, 9.17) is 10.00 Å². The van der Waals surface area contributed by atoms with Crippen LogP contribution in [0.4, 0.5) is 21.9 Å². The van der Waals surface area contributed by atoms with Crippen LogP contribution in [0.2, 0.25) is 0 Å². The van der Waals surface area contributed by atoms with Gasteiger partial charge in [0.1, 0.15) is 5.60 Å². The second kappa shape index (κ2) is 10.3. The van der Waals surface area contributed by atoms with Crippen molar-refractivity contribution in [2.45, 2.75) is 59.2 Å². The highest BCUT2D eigenvalue weighted by molar-refractivity contribution is 5.94. The summed E-state index contributed by atoms with van der Waals surface area (Å²) >= 11 is 0. The zero-order valence-electron chi connectivity index (χ0n) is 22.6. The molecule has 2 heterocycles. The summed E-state index contributed by atoms with van der Waals surface area (Å²) in [6.07, 6.45) is -0.274. The van der Waals surface area contributed by atoms with Gasteiger partial charge < -0.3 is 24.8 Å². The molecule has 2 aliphatic rings. The molecule has 0 saturated carbocycles. The van der Waals surface area contributed by atoms with Crippen molar-refractivity contribution in [3.05, 3.63) is 53.6 Å². The molecule has 1 saturated heterocycles. The number of anilines is 3. The minimum atomic E-state index is -0.514. The number of carbonyl (C=O) groups is 2. The smallest absolute Gasteiger partial charge is 0.410 e. The molecule has 2 amide bonds. The van der Waals surface area contributed by atoms with Crippen LogP contribution in [0.3, 0.4) is 0 Å². The van der Waals surface area contributed by atoms with Gasteiger partial charge in [-0.3, -0.25) is 4.79 Å². The SMILES string of the molecule is CC(=O)N1c2ccc(N3CCN(C(=O)OC(C)(C)C)CC3)cc2[C@H](Nc2ccc(C#N)cc2)[C@@H](C)[C@@H]1C. The van der Waals surface area contributed by atoms with Crippen LogP contribution in [-0.4, -0.2) is 54.7 Å². The summed E-state index contributed by atoms with van der Waals surface area (Å²) in [5.74, 6) is 0.169. The fourth-order valence-corrected chi connectivity index (χ4v) is 5.18. The van der Waals surface area contributed by atoms with Crippen LogP contribution in [0.1, 0.15) is 58.7 Å². The molecule has 0 spiro atoms. The number of hydrogen-bond donors (Lipinski definition) is 1.